The molecule has 0 radical (unpaired) electrons. The van der Waals surface area contributed by atoms with Crippen molar-refractivity contribution in [1.82, 2.24) is 4.90 Å². The van der Waals surface area contributed by atoms with E-state index in [-0.39, 0.29) is 0 Å². The van der Waals surface area contributed by atoms with Gasteiger partial charge in [-0.05, 0) is 49.7 Å². The van der Waals surface area contributed by atoms with E-state index in [9.17, 15) is 18.0 Å². The number of likely N-dealkylation sites (tertiary alicyclic amines) is 1. The number of hydrogen-bond acceptors (Lipinski definition) is 2. The number of benzene rings is 2. The van der Waals surface area contributed by atoms with Crippen LogP contribution in [-0.2, 0) is 4.79 Å². The molecule has 1 atom stereocenters. The zero-order valence-electron chi connectivity index (χ0n) is 13.5. The fraction of sp³-hybridized carbons (Fsp3) is 0.316. The minimum absolute atomic E-state index is 0.293. The summed E-state index contributed by atoms with van der Waals surface area (Å²) in [5.74, 6) is -2.97. The van der Waals surface area contributed by atoms with Crippen molar-refractivity contribution in [3.63, 3.8) is 0 Å². The zero-order chi connectivity index (χ0) is 18.0. The number of nitrogens with zero attached hydrogens (tertiary/aromatic N) is 1. The minimum atomic E-state index is -0.828. The molecule has 0 aromatic heterocycles. The molecule has 0 spiro atoms. The van der Waals surface area contributed by atoms with Gasteiger partial charge in [0.25, 0.3) is 0 Å². The molecule has 132 valence electrons. The first-order chi connectivity index (χ1) is 12.0. The van der Waals surface area contributed by atoms with Gasteiger partial charge in [0.05, 0.1) is 12.0 Å². The quantitative estimate of drug-likeness (QED) is 0.907. The molecule has 1 aliphatic heterocycles. The highest BCUT2D eigenvalue weighted by Crippen LogP contribution is 2.34. The van der Waals surface area contributed by atoms with Gasteiger partial charge in [0.2, 0.25) is 0 Å². The molecule has 1 aliphatic rings. The summed E-state index contributed by atoms with van der Waals surface area (Å²) in [6.45, 7) is 0.936. The van der Waals surface area contributed by atoms with Crippen LogP contribution in [0.5, 0.6) is 0 Å². The van der Waals surface area contributed by atoms with Gasteiger partial charge in [0, 0.05) is 11.6 Å². The molecule has 0 bridgehead atoms. The highest BCUT2D eigenvalue weighted by Gasteiger charge is 2.31. The van der Waals surface area contributed by atoms with Gasteiger partial charge in [-0.2, -0.15) is 0 Å². The number of hydrogen-bond donors (Lipinski definition) is 1. The van der Waals surface area contributed by atoms with Crippen molar-refractivity contribution in [2.24, 2.45) is 5.92 Å². The van der Waals surface area contributed by atoms with Crippen LogP contribution < -0.4 is 0 Å². The molecule has 1 unspecified atom stereocenters. The first-order valence-corrected chi connectivity index (χ1v) is 8.13. The molecule has 3 nitrogen and oxygen atoms in total. The summed E-state index contributed by atoms with van der Waals surface area (Å²) in [5.41, 5.74) is 0.975. The molecule has 2 aromatic carbocycles. The first kappa shape index (κ1) is 17.5. The van der Waals surface area contributed by atoms with Gasteiger partial charge in [-0.25, -0.2) is 13.2 Å². The number of carboxylic acid groups (broad SMARTS) is 1. The van der Waals surface area contributed by atoms with E-state index in [1.165, 1.54) is 24.3 Å². The fourth-order valence-electron chi connectivity index (χ4n) is 3.36. The normalized spacial score (nSPS) is 17.4. The van der Waals surface area contributed by atoms with Crippen LogP contribution in [0.3, 0.4) is 0 Å². The highest BCUT2D eigenvalue weighted by atomic mass is 19.1. The summed E-state index contributed by atoms with van der Waals surface area (Å²) in [6, 6.07) is 8.65. The number of piperidine rings is 1. The topological polar surface area (TPSA) is 40.5 Å². The van der Waals surface area contributed by atoms with Crippen molar-refractivity contribution in [3.05, 3.63) is 71.0 Å². The fourth-order valence-corrected chi connectivity index (χ4v) is 3.36. The Hall–Kier alpha value is -2.34. The Bertz CT molecular complexity index is 756. The lowest BCUT2D eigenvalue weighted by Gasteiger charge is -2.37. The third kappa shape index (κ3) is 3.85. The van der Waals surface area contributed by atoms with Crippen molar-refractivity contribution in [2.45, 2.75) is 18.9 Å². The third-order valence-corrected chi connectivity index (χ3v) is 4.69. The van der Waals surface area contributed by atoms with E-state index < -0.39 is 35.4 Å². The SMILES string of the molecule is O=C(O)C1CCN(C(c2ccc(F)cc2)c2ccc(F)cc2F)CC1. The monoisotopic (exact) mass is 349 g/mol. The molecule has 0 aliphatic carbocycles. The number of rotatable bonds is 4. The Morgan fingerprint density at radius 2 is 1.60 bits per heavy atom. The van der Waals surface area contributed by atoms with E-state index in [4.69, 9.17) is 5.11 Å². The van der Waals surface area contributed by atoms with E-state index in [0.29, 0.717) is 37.1 Å². The second kappa shape index (κ2) is 7.27. The molecular weight excluding hydrogens is 331 g/mol. The van der Waals surface area contributed by atoms with Crippen molar-refractivity contribution in [1.29, 1.82) is 0 Å². The Morgan fingerprint density at radius 1 is 1.00 bits per heavy atom. The van der Waals surface area contributed by atoms with Gasteiger partial charge in [0.15, 0.2) is 0 Å². The summed E-state index contributed by atoms with van der Waals surface area (Å²) in [6.07, 6.45) is 0.908. The van der Waals surface area contributed by atoms with Gasteiger partial charge in [-0.15, -0.1) is 0 Å². The van der Waals surface area contributed by atoms with Gasteiger partial charge in [-0.3, -0.25) is 9.69 Å². The van der Waals surface area contributed by atoms with E-state index in [0.717, 1.165) is 6.07 Å². The molecule has 1 heterocycles. The van der Waals surface area contributed by atoms with Crippen LogP contribution in [0.15, 0.2) is 42.5 Å². The second-order valence-corrected chi connectivity index (χ2v) is 6.27. The Kier molecular flexibility index (Phi) is 5.08. The molecule has 1 N–H and O–H groups in total. The van der Waals surface area contributed by atoms with E-state index in [1.807, 2.05) is 4.90 Å². The first-order valence-electron chi connectivity index (χ1n) is 8.13. The Labute approximate surface area is 143 Å². The van der Waals surface area contributed by atoms with Crippen LogP contribution in [0, 0.1) is 23.4 Å². The molecule has 2 aromatic rings. The molecule has 1 fully saturated rings. The zero-order valence-corrected chi connectivity index (χ0v) is 13.5. The predicted octanol–water partition coefficient (Wildman–Crippen LogP) is 3.99. The number of carbonyl (C=O) groups is 1. The van der Waals surface area contributed by atoms with Crippen molar-refractivity contribution >= 4 is 5.97 Å². The van der Waals surface area contributed by atoms with Crippen LogP contribution >= 0.6 is 0 Å². The Balaban J connectivity index is 1.95. The molecule has 0 saturated carbocycles. The maximum Gasteiger partial charge on any atom is 0.306 e. The average molecular weight is 349 g/mol. The summed E-state index contributed by atoms with van der Waals surface area (Å²) >= 11 is 0. The smallest absolute Gasteiger partial charge is 0.306 e. The highest BCUT2D eigenvalue weighted by molar-refractivity contribution is 5.70. The average Bonchev–Trinajstić information content (AvgIpc) is 2.59. The van der Waals surface area contributed by atoms with Gasteiger partial charge in [0.1, 0.15) is 17.5 Å². The van der Waals surface area contributed by atoms with Crippen LogP contribution in [0.25, 0.3) is 0 Å². The molecule has 0 amide bonds. The summed E-state index contributed by atoms with van der Waals surface area (Å²) in [4.78, 5) is 13.1. The van der Waals surface area contributed by atoms with Gasteiger partial charge < -0.3 is 5.11 Å². The van der Waals surface area contributed by atoms with Crippen LogP contribution in [0.2, 0.25) is 0 Å². The van der Waals surface area contributed by atoms with Gasteiger partial charge >= 0.3 is 5.97 Å². The van der Waals surface area contributed by atoms with Crippen molar-refractivity contribution in [2.75, 3.05) is 13.1 Å². The lowest BCUT2D eigenvalue weighted by atomic mass is 9.91. The van der Waals surface area contributed by atoms with Gasteiger partial charge in [-0.1, -0.05) is 18.2 Å². The second-order valence-electron chi connectivity index (χ2n) is 6.27. The van der Waals surface area contributed by atoms with Crippen molar-refractivity contribution < 1.29 is 23.1 Å². The molecule has 1 saturated heterocycles. The third-order valence-electron chi connectivity index (χ3n) is 4.69. The predicted molar refractivity (Wildman–Crippen MR) is 86.5 cm³/mol. The molecule has 25 heavy (non-hydrogen) atoms. The summed E-state index contributed by atoms with van der Waals surface area (Å²) in [5, 5.41) is 9.14. The Morgan fingerprint density at radius 3 is 2.16 bits per heavy atom. The lowest BCUT2D eigenvalue weighted by molar-refractivity contribution is -0.143. The molecule has 6 heteroatoms. The minimum Gasteiger partial charge on any atom is -0.481 e. The summed E-state index contributed by atoms with van der Waals surface area (Å²) < 4.78 is 40.9. The molecule has 3 rings (SSSR count). The van der Waals surface area contributed by atoms with Crippen LogP contribution in [0.1, 0.15) is 30.0 Å². The van der Waals surface area contributed by atoms with E-state index in [2.05, 4.69) is 0 Å². The summed E-state index contributed by atoms with van der Waals surface area (Å²) in [7, 11) is 0. The maximum absolute atomic E-state index is 14.4. The number of aliphatic carboxylic acids is 1. The van der Waals surface area contributed by atoms with Crippen LogP contribution in [0.4, 0.5) is 13.2 Å². The largest absolute Gasteiger partial charge is 0.481 e. The lowest BCUT2D eigenvalue weighted by Crippen LogP contribution is -2.39. The van der Waals surface area contributed by atoms with Crippen LogP contribution in [-0.4, -0.2) is 29.1 Å². The standard InChI is InChI=1S/C19H18F3NO2/c20-14-3-1-12(2-4-14)18(16-6-5-15(21)11-17(16)22)23-9-7-13(8-10-23)19(24)25/h1-6,11,13,18H,7-10H2,(H,24,25). The van der Waals surface area contributed by atoms with E-state index in [1.54, 1.807) is 12.1 Å². The van der Waals surface area contributed by atoms with E-state index >= 15 is 0 Å². The molecular formula is C19H18F3NO2. The number of halogens is 3. The van der Waals surface area contributed by atoms with Crippen molar-refractivity contribution in [3.8, 4) is 0 Å². The maximum atomic E-state index is 14.4. The number of carboxylic acids is 1.